The van der Waals surface area contributed by atoms with Gasteiger partial charge in [-0.15, -0.1) is 0 Å². The summed E-state index contributed by atoms with van der Waals surface area (Å²) in [6.07, 6.45) is 9.28. The molecule has 0 aromatic carbocycles. The molecule has 0 radical (unpaired) electrons. The SMILES string of the molecule is Nc1nsc(NCC(C2CC2)C2CC2)c1-c1ccncc1. The van der Waals surface area contributed by atoms with Gasteiger partial charge in [0.15, 0.2) is 0 Å². The standard InChI is InChI=1S/C16H20N4S/c17-15-14(12-5-7-18-8-6-12)16(21-20-15)19-9-13(10-1-2-10)11-3-4-11/h5-8,10-11,13,19H,1-4,9H2,(H2,17,20). The molecule has 2 heterocycles. The van der Waals surface area contributed by atoms with Crippen LogP contribution in [0.5, 0.6) is 0 Å². The molecule has 0 spiro atoms. The van der Waals surface area contributed by atoms with Gasteiger partial charge in [-0.05, 0) is 72.7 Å². The smallest absolute Gasteiger partial charge is 0.147 e. The monoisotopic (exact) mass is 300 g/mol. The molecule has 21 heavy (non-hydrogen) atoms. The summed E-state index contributed by atoms with van der Waals surface area (Å²) in [5.41, 5.74) is 8.19. The van der Waals surface area contributed by atoms with E-state index in [1.54, 1.807) is 12.4 Å². The highest BCUT2D eigenvalue weighted by atomic mass is 32.1. The van der Waals surface area contributed by atoms with Crippen LogP contribution in [0, 0.1) is 17.8 Å². The lowest BCUT2D eigenvalue weighted by Crippen LogP contribution is -2.18. The second kappa shape index (κ2) is 5.30. The van der Waals surface area contributed by atoms with Crippen molar-refractivity contribution >= 4 is 22.4 Å². The number of rotatable bonds is 6. The van der Waals surface area contributed by atoms with Gasteiger partial charge < -0.3 is 11.1 Å². The quantitative estimate of drug-likeness (QED) is 0.855. The summed E-state index contributed by atoms with van der Waals surface area (Å²) in [5, 5.41) is 4.73. The Hall–Kier alpha value is -1.62. The highest BCUT2D eigenvalue weighted by molar-refractivity contribution is 7.11. The van der Waals surface area contributed by atoms with Crippen LogP contribution < -0.4 is 11.1 Å². The number of nitrogens with one attached hydrogen (secondary N) is 1. The molecule has 2 aliphatic rings. The molecule has 2 aliphatic carbocycles. The topological polar surface area (TPSA) is 63.8 Å². The molecular formula is C16H20N4S. The maximum atomic E-state index is 6.06. The van der Waals surface area contributed by atoms with Crippen LogP contribution in [-0.4, -0.2) is 15.9 Å². The first-order chi connectivity index (χ1) is 10.3. The van der Waals surface area contributed by atoms with Crippen molar-refractivity contribution in [2.24, 2.45) is 17.8 Å². The zero-order chi connectivity index (χ0) is 14.2. The normalized spacial score (nSPS) is 18.1. The van der Waals surface area contributed by atoms with Crippen molar-refractivity contribution in [3.8, 4) is 11.1 Å². The third-order valence-electron chi connectivity index (χ3n) is 4.64. The molecule has 2 fully saturated rings. The summed E-state index contributed by atoms with van der Waals surface area (Å²) in [5.74, 6) is 3.38. The lowest BCUT2D eigenvalue weighted by atomic mass is 9.98. The van der Waals surface area contributed by atoms with Gasteiger partial charge in [0.25, 0.3) is 0 Å². The summed E-state index contributed by atoms with van der Waals surface area (Å²) >= 11 is 1.47. The number of nitrogens with zero attached hydrogens (tertiary/aromatic N) is 2. The van der Waals surface area contributed by atoms with Gasteiger partial charge in [-0.1, -0.05) is 0 Å². The van der Waals surface area contributed by atoms with E-state index in [2.05, 4.69) is 14.7 Å². The first-order valence-corrected chi connectivity index (χ1v) is 8.49. The van der Waals surface area contributed by atoms with E-state index in [-0.39, 0.29) is 0 Å². The molecule has 0 saturated heterocycles. The lowest BCUT2D eigenvalue weighted by Gasteiger charge is -2.16. The first-order valence-electron chi connectivity index (χ1n) is 7.72. The Morgan fingerprint density at radius 2 is 1.86 bits per heavy atom. The third-order valence-corrected chi connectivity index (χ3v) is 5.46. The van der Waals surface area contributed by atoms with Crippen LogP contribution in [-0.2, 0) is 0 Å². The Morgan fingerprint density at radius 3 is 2.48 bits per heavy atom. The fourth-order valence-corrected chi connectivity index (χ4v) is 3.94. The van der Waals surface area contributed by atoms with Crippen LogP contribution >= 0.6 is 11.5 Å². The predicted octanol–water partition coefficient (Wildman–Crippen LogP) is 3.64. The van der Waals surface area contributed by atoms with E-state index in [4.69, 9.17) is 5.73 Å². The molecule has 110 valence electrons. The Kier molecular flexibility index (Phi) is 3.30. The molecule has 3 N–H and O–H groups in total. The van der Waals surface area contributed by atoms with Crippen LogP contribution in [0.2, 0.25) is 0 Å². The number of hydrogen-bond acceptors (Lipinski definition) is 5. The minimum Gasteiger partial charge on any atom is -0.382 e. The van der Waals surface area contributed by atoms with Gasteiger partial charge in [0.1, 0.15) is 10.8 Å². The van der Waals surface area contributed by atoms with E-state index in [1.165, 1.54) is 37.2 Å². The van der Waals surface area contributed by atoms with Crippen molar-refractivity contribution in [1.29, 1.82) is 0 Å². The van der Waals surface area contributed by atoms with Gasteiger partial charge in [0, 0.05) is 18.9 Å². The molecule has 0 amide bonds. The Balaban J connectivity index is 1.52. The van der Waals surface area contributed by atoms with Crippen molar-refractivity contribution in [3.63, 3.8) is 0 Å². The van der Waals surface area contributed by atoms with Gasteiger partial charge in [-0.3, -0.25) is 4.98 Å². The molecule has 0 bridgehead atoms. The van der Waals surface area contributed by atoms with Crippen molar-refractivity contribution in [1.82, 2.24) is 9.36 Å². The predicted molar refractivity (Wildman–Crippen MR) is 87.2 cm³/mol. The number of anilines is 2. The molecule has 0 aliphatic heterocycles. The average Bonchev–Trinajstić information content (AvgIpc) is 3.41. The third kappa shape index (κ3) is 2.75. The maximum absolute atomic E-state index is 6.06. The van der Waals surface area contributed by atoms with Crippen LogP contribution in [0.1, 0.15) is 25.7 Å². The molecule has 2 saturated carbocycles. The van der Waals surface area contributed by atoms with Gasteiger partial charge in [-0.2, -0.15) is 4.37 Å². The molecule has 4 rings (SSSR count). The average molecular weight is 300 g/mol. The second-order valence-corrected chi connectivity index (χ2v) is 7.00. The zero-order valence-electron chi connectivity index (χ0n) is 12.0. The molecular weight excluding hydrogens is 280 g/mol. The van der Waals surface area contributed by atoms with Crippen LogP contribution in [0.3, 0.4) is 0 Å². The molecule has 0 unspecified atom stereocenters. The molecule has 2 aromatic heterocycles. The number of nitrogens with two attached hydrogens (primary N) is 1. The van der Waals surface area contributed by atoms with Gasteiger partial charge in [0.2, 0.25) is 0 Å². The number of hydrogen-bond donors (Lipinski definition) is 2. The zero-order valence-corrected chi connectivity index (χ0v) is 12.8. The summed E-state index contributed by atoms with van der Waals surface area (Å²) in [6.45, 7) is 1.06. The van der Waals surface area contributed by atoms with E-state index >= 15 is 0 Å². The van der Waals surface area contributed by atoms with Crippen molar-refractivity contribution in [2.75, 3.05) is 17.6 Å². The molecule has 2 aromatic rings. The summed E-state index contributed by atoms with van der Waals surface area (Å²) in [6, 6.07) is 3.98. The number of aromatic nitrogens is 2. The molecule has 5 heteroatoms. The minimum atomic E-state index is 0.614. The highest BCUT2D eigenvalue weighted by Gasteiger charge is 2.41. The molecule has 4 nitrogen and oxygen atoms in total. The van der Waals surface area contributed by atoms with Crippen LogP contribution in [0.15, 0.2) is 24.5 Å². The van der Waals surface area contributed by atoms with E-state index in [0.29, 0.717) is 5.82 Å². The van der Waals surface area contributed by atoms with E-state index in [1.807, 2.05) is 12.1 Å². The minimum absolute atomic E-state index is 0.614. The van der Waals surface area contributed by atoms with E-state index in [9.17, 15) is 0 Å². The Bertz CT molecular complexity index is 604. The maximum Gasteiger partial charge on any atom is 0.147 e. The fourth-order valence-electron chi connectivity index (χ4n) is 3.20. The fraction of sp³-hybridized carbons (Fsp3) is 0.500. The largest absolute Gasteiger partial charge is 0.382 e. The van der Waals surface area contributed by atoms with Crippen molar-refractivity contribution in [3.05, 3.63) is 24.5 Å². The van der Waals surface area contributed by atoms with E-state index < -0.39 is 0 Å². The number of nitrogen functional groups attached to an aromatic ring is 1. The lowest BCUT2D eigenvalue weighted by molar-refractivity contribution is 0.428. The highest BCUT2D eigenvalue weighted by Crippen LogP contribution is 2.49. The summed E-state index contributed by atoms with van der Waals surface area (Å²) < 4.78 is 4.33. The van der Waals surface area contributed by atoms with Gasteiger partial charge >= 0.3 is 0 Å². The summed E-state index contributed by atoms with van der Waals surface area (Å²) in [4.78, 5) is 4.07. The van der Waals surface area contributed by atoms with Crippen LogP contribution in [0.25, 0.3) is 11.1 Å². The molecule has 0 atom stereocenters. The van der Waals surface area contributed by atoms with Crippen molar-refractivity contribution < 1.29 is 0 Å². The second-order valence-electron chi connectivity index (χ2n) is 6.23. The van der Waals surface area contributed by atoms with Gasteiger partial charge in [0.05, 0.1) is 5.56 Å². The Labute approximate surface area is 129 Å². The Morgan fingerprint density at radius 1 is 1.19 bits per heavy atom. The first kappa shape index (κ1) is 13.1. The van der Waals surface area contributed by atoms with Crippen molar-refractivity contribution in [2.45, 2.75) is 25.7 Å². The summed E-state index contributed by atoms with van der Waals surface area (Å²) in [7, 11) is 0. The number of pyridine rings is 1. The van der Waals surface area contributed by atoms with Gasteiger partial charge in [-0.25, -0.2) is 0 Å². The van der Waals surface area contributed by atoms with Crippen LogP contribution in [0.4, 0.5) is 10.8 Å². The van der Waals surface area contributed by atoms with E-state index in [0.717, 1.165) is 40.4 Å².